The number of amides is 2. The summed E-state index contributed by atoms with van der Waals surface area (Å²) in [6, 6.07) is 7.98. The number of carbonyl (C=O) groups excluding carboxylic acids is 2. The Labute approximate surface area is 191 Å². The van der Waals surface area contributed by atoms with Gasteiger partial charge in [-0.2, -0.15) is 0 Å². The fourth-order valence-corrected chi connectivity index (χ4v) is 4.14. The topological polar surface area (TPSA) is 74.3 Å². The third-order valence-corrected chi connectivity index (χ3v) is 5.83. The number of likely N-dealkylation sites (tertiary alicyclic amines) is 1. The van der Waals surface area contributed by atoms with Gasteiger partial charge in [0.2, 0.25) is 5.91 Å². The minimum Gasteiger partial charge on any atom is -0.351 e. The lowest BCUT2D eigenvalue weighted by atomic mass is 9.93. The number of aryl methyl sites for hydroxylation is 2. The minimum atomic E-state index is -0.191. The van der Waals surface area contributed by atoms with Gasteiger partial charge in [0.1, 0.15) is 0 Å². The number of hydrogen-bond donors (Lipinski definition) is 2. The van der Waals surface area contributed by atoms with E-state index in [1.807, 2.05) is 39.8 Å². The predicted molar refractivity (Wildman–Crippen MR) is 129 cm³/mol. The van der Waals surface area contributed by atoms with Crippen molar-refractivity contribution in [1.82, 2.24) is 15.2 Å². The Hall–Kier alpha value is -2.73. The smallest absolute Gasteiger partial charge is 0.257 e. The molecule has 0 unspecified atom stereocenters. The van der Waals surface area contributed by atoms with Crippen LogP contribution >= 0.6 is 0 Å². The van der Waals surface area contributed by atoms with E-state index in [0.717, 1.165) is 50.1 Å². The maximum atomic E-state index is 12.6. The normalized spacial score (nSPS) is 15.4. The van der Waals surface area contributed by atoms with Gasteiger partial charge in [-0.3, -0.25) is 19.5 Å². The standard InChI is InChI=1S/C26H36N4O2/c1-6-19-7-8-23(28-24(31)21-13-18(2)15-27-16-21)14-22(19)17-30-11-9-20(10-12-30)25(32)29-26(3,4)5/h7-8,13-16,20H,6,9-12,17H2,1-5H3,(H,28,31)(H,29,32). The Balaban J connectivity index is 1.63. The van der Waals surface area contributed by atoms with Gasteiger partial charge in [0.05, 0.1) is 5.56 Å². The molecule has 32 heavy (non-hydrogen) atoms. The quantitative estimate of drug-likeness (QED) is 0.707. The van der Waals surface area contributed by atoms with Gasteiger partial charge in [0, 0.05) is 36.1 Å². The molecule has 0 aliphatic carbocycles. The Morgan fingerprint density at radius 1 is 1.09 bits per heavy atom. The van der Waals surface area contributed by atoms with Crippen molar-refractivity contribution in [3.05, 3.63) is 58.9 Å². The molecule has 1 fully saturated rings. The maximum absolute atomic E-state index is 12.6. The molecule has 3 rings (SSSR count). The fraction of sp³-hybridized carbons (Fsp3) is 0.500. The van der Waals surface area contributed by atoms with Crippen LogP contribution in [0.5, 0.6) is 0 Å². The molecular formula is C26H36N4O2. The molecule has 6 nitrogen and oxygen atoms in total. The summed E-state index contributed by atoms with van der Waals surface area (Å²) >= 11 is 0. The van der Waals surface area contributed by atoms with Gasteiger partial charge >= 0.3 is 0 Å². The second-order valence-corrected chi connectivity index (χ2v) is 9.83. The van der Waals surface area contributed by atoms with Gasteiger partial charge in [-0.15, -0.1) is 0 Å². The van der Waals surface area contributed by atoms with Crippen LogP contribution in [0.15, 0.2) is 36.7 Å². The summed E-state index contributed by atoms with van der Waals surface area (Å²) in [7, 11) is 0. The number of hydrogen-bond acceptors (Lipinski definition) is 4. The van der Waals surface area contributed by atoms with Crippen LogP contribution in [0, 0.1) is 12.8 Å². The molecule has 1 aliphatic rings. The number of nitrogens with zero attached hydrogens (tertiary/aromatic N) is 2. The van der Waals surface area contributed by atoms with E-state index in [0.29, 0.717) is 5.56 Å². The van der Waals surface area contributed by atoms with E-state index in [9.17, 15) is 9.59 Å². The Morgan fingerprint density at radius 2 is 1.81 bits per heavy atom. The summed E-state index contributed by atoms with van der Waals surface area (Å²) in [4.78, 5) is 31.6. The van der Waals surface area contributed by atoms with E-state index in [1.165, 1.54) is 11.1 Å². The van der Waals surface area contributed by atoms with Crippen molar-refractivity contribution in [3.8, 4) is 0 Å². The van der Waals surface area contributed by atoms with Crippen LogP contribution in [-0.2, 0) is 17.8 Å². The summed E-state index contributed by atoms with van der Waals surface area (Å²) in [6.07, 6.45) is 6.01. The summed E-state index contributed by atoms with van der Waals surface area (Å²) in [5.74, 6) is 0.105. The third-order valence-electron chi connectivity index (χ3n) is 5.83. The van der Waals surface area contributed by atoms with Crippen LogP contribution in [0.2, 0.25) is 0 Å². The number of rotatable bonds is 6. The molecule has 1 aromatic carbocycles. The maximum Gasteiger partial charge on any atom is 0.257 e. The summed E-state index contributed by atoms with van der Waals surface area (Å²) < 4.78 is 0. The zero-order valence-electron chi connectivity index (χ0n) is 20.0. The lowest BCUT2D eigenvalue weighted by molar-refractivity contribution is -0.127. The highest BCUT2D eigenvalue weighted by atomic mass is 16.2. The van der Waals surface area contributed by atoms with Crippen LogP contribution in [0.25, 0.3) is 0 Å². The molecule has 0 saturated carbocycles. The lowest BCUT2D eigenvalue weighted by Crippen LogP contribution is -2.46. The average Bonchev–Trinajstić information content (AvgIpc) is 2.73. The number of benzene rings is 1. The van der Waals surface area contributed by atoms with E-state index in [-0.39, 0.29) is 23.3 Å². The van der Waals surface area contributed by atoms with Gasteiger partial charge in [-0.05, 0) is 94.9 Å². The van der Waals surface area contributed by atoms with E-state index < -0.39 is 0 Å². The second kappa shape index (κ2) is 10.3. The zero-order chi connectivity index (χ0) is 23.3. The highest BCUT2D eigenvalue weighted by Gasteiger charge is 2.27. The molecule has 1 aromatic heterocycles. The third kappa shape index (κ3) is 6.63. The average molecular weight is 437 g/mol. The van der Waals surface area contributed by atoms with Crippen molar-refractivity contribution in [2.45, 2.75) is 66.0 Å². The SMILES string of the molecule is CCc1ccc(NC(=O)c2cncc(C)c2)cc1CN1CCC(C(=O)NC(C)(C)C)CC1. The van der Waals surface area contributed by atoms with E-state index in [1.54, 1.807) is 12.4 Å². The van der Waals surface area contributed by atoms with Crippen LogP contribution in [0.4, 0.5) is 5.69 Å². The second-order valence-electron chi connectivity index (χ2n) is 9.83. The van der Waals surface area contributed by atoms with Crippen LogP contribution < -0.4 is 10.6 Å². The lowest BCUT2D eigenvalue weighted by Gasteiger charge is -2.33. The summed E-state index contributed by atoms with van der Waals surface area (Å²) in [5.41, 5.74) is 4.63. The number of piperidine rings is 1. The predicted octanol–water partition coefficient (Wildman–Crippen LogP) is 4.33. The van der Waals surface area contributed by atoms with Crippen molar-refractivity contribution in [1.29, 1.82) is 0 Å². The molecule has 6 heteroatoms. The number of aromatic nitrogens is 1. The Kier molecular flexibility index (Phi) is 7.67. The molecule has 0 radical (unpaired) electrons. The van der Waals surface area contributed by atoms with Crippen molar-refractivity contribution < 1.29 is 9.59 Å². The Morgan fingerprint density at radius 3 is 2.44 bits per heavy atom. The number of nitrogens with one attached hydrogen (secondary N) is 2. The van der Waals surface area contributed by atoms with Gasteiger partial charge in [-0.25, -0.2) is 0 Å². The first-order chi connectivity index (χ1) is 15.1. The molecule has 0 atom stereocenters. The summed E-state index contributed by atoms with van der Waals surface area (Å²) in [5, 5.41) is 6.12. The monoisotopic (exact) mass is 436 g/mol. The van der Waals surface area contributed by atoms with Crippen molar-refractivity contribution in [2.24, 2.45) is 5.92 Å². The van der Waals surface area contributed by atoms with Gasteiger partial charge in [-0.1, -0.05) is 13.0 Å². The highest BCUT2D eigenvalue weighted by Crippen LogP contribution is 2.24. The largest absolute Gasteiger partial charge is 0.351 e. The molecule has 2 amide bonds. The van der Waals surface area contributed by atoms with E-state index in [4.69, 9.17) is 0 Å². The number of carbonyl (C=O) groups is 2. The molecule has 2 aromatic rings. The molecule has 0 spiro atoms. The zero-order valence-corrected chi connectivity index (χ0v) is 20.0. The first-order valence-electron chi connectivity index (χ1n) is 11.5. The first kappa shape index (κ1) is 23.9. The molecule has 0 bridgehead atoms. The van der Waals surface area contributed by atoms with Crippen molar-refractivity contribution >= 4 is 17.5 Å². The molecule has 1 saturated heterocycles. The molecular weight excluding hydrogens is 400 g/mol. The van der Waals surface area contributed by atoms with E-state index >= 15 is 0 Å². The van der Waals surface area contributed by atoms with Crippen LogP contribution in [0.3, 0.4) is 0 Å². The first-order valence-corrected chi connectivity index (χ1v) is 11.5. The van der Waals surface area contributed by atoms with Gasteiger partial charge in [0.15, 0.2) is 0 Å². The van der Waals surface area contributed by atoms with Crippen molar-refractivity contribution in [2.75, 3.05) is 18.4 Å². The number of anilines is 1. The fourth-order valence-electron chi connectivity index (χ4n) is 4.14. The Bertz CT molecular complexity index is 957. The highest BCUT2D eigenvalue weighted by molar-refractivity contribution is 6.04. The minimum absolute atomic E-state index is 0.0877. The van der Waals surface area contributed by atoms with E-state index in [2.05, 4.69) is 39.6 Å². The molecule has 172 valence electrons. The van der Waals surface area contributed by atoms with Crippen LogP contribution in [-0.4, -0.2) is 40.3 Å². The molecule has 2 heterocycles. The van der Waals surface area contributed by atoms with Gasteiger partial charge < -0.3 is 10.6 Å². The van der Waals surface area contributed by atoms with Crippen molar-refractivity contribution in [3.63, 3.8) is 0 Å². The number of pyridine rings is 1. The van der Waals surface area contributed by atoms with Crippen LogP contribution in [0.1, 0.15) is 67.6 Å². The molecule has 1 aliphatic heterocycles. The molecule has 2 N–H and O–H groups in total. The summed E-state index contributed by atoms with van der Waals surface area (Å²) in [6.45, 7) is 12.8. The van der Waals surface area contributed by atoms with Gasteiger partial charge in [0.25, 0.3) is 5.91 Å².